The Morgan fingerprint density at radius 1 is 1.08 bits per heavy atom. The zero-order valence-electron chi connectivity index (χ0n) is 18.4. The fourth-order valence-electron chi connectivity index (χ4n) is 3.76. The zero-order valence-corrected chi connectivity index (χ0v) is 18.4. The molecule has 144 valence electrons. The maximum Gasteiger partial charge on any atom is 0.110 e. The van der Waals surface area contributed by atoms with Crippen LogP contribution in [0.1, 0.15) is 47.5 Å². The minimum atomic E-state index is 0.251. The lowest BCUT2D eigenvalue weighted by molar-refractivity contribution is -0.891. The molecule has 1 rings (SSSR count). The minimum absolute atomic E-state index is 0.251. The van der Waals surface area contributed by atoms with Crippen LogP contribution in [-0.4, -0.2) is 44.9 Å². The van der Waals surface area contributed by atoms with Crippen molar-refractivity contribution in [3.05, 3.63) is 58.7 Å². The number of hydrogen-bond donors (Lipinski definition) is 0. The molecule has 0 heterocycles. The zero-order chi connectivity index (χ0) is 20.0. The van der Waals surface area contributed by atoms with Crippen LogP contribution in [-0.2, 0) is 0 Å². The van der Waals surface area contributed by atoms with Crippen LogP contribution in [0.4, 0.5) is 0 Å². The molecule has 0 fully saturated rings. The summed E-state index contributed by atoms with van der Waals surface area (Å²) in [7, 11) is 8.71. The van der Waals surface area contributed by atoms with Gasteiger partial charge in [0.1, 0.15) is 6.04 Å². The molecule has 0 bridgehead atoms. The Labute approximate surface area is 162 Å². The van der Waals surface area contributed by atoms with Gasteiger partial charge in [-0.3, -0.25) is 4.99 Å². The molecule has 1 aliphatic carbocycles. The van der Waals surface area contributed by atoms with Crippen molar-refractivity contribution in [2.75, 3.05) is 28.2 Å². The highest BCUT2D eigenvalue weighted by Gasteiger charge is 2.37. The first-order chi connectivity index (χ1) is 12.0. The summed E-state index contributed by atoms with van der Waals surface area (Å²) in [4.78, 5) is 3.98. The SMILES string of the molecule is CN=C/C=C(C)/C=C/C=C(C)/C=C/C1=C(C)C([N+](C)(C)C)CCC1(C)C. The molecular weight excluding hydrogens is 316 g/mol. The van der Waals surface area contributed by atoms with Gasteiger partial charge in [-0.25, -0.2) is 0 Å². The van der Waals surface area contributed by atoms with Crippen LogP contribution in [0.2, 0.25) is 0 Å². The maximum atomic E-state index is 3.98. The van der Waals surface area contributed by atoms with Gasteiger partial charge in [0.2, 0.25) is 0 Å². The fourth-order valence-corrected chi connectivity index (χ4v) is 3.76. The number of rotatable bonds is 6. The summed E-state index contributed by atoms with van der Waals surface area (Å²) in [6.45, 7) is 11.3. The normalized spacial score (nSPS) is 23.0. The first-order valence-electron chi connectivity index (χ1n) is 9.63. The molecule has 0 saturated carbocycles. The van der Waals surface area contributed by atoms with Gasteiger partial charge in [0, 0.05) is 19.7 Å². The van der Waals surface area contributed by atoms with Crippen molar-refractivity contribution in [1.29, 1.82) is 0 Å². The fraction of sp³-hybridized carbons (Fsp3) is 0.542. The molecule has 0 saturated heterocycles. The number of quaternary nitrogens is 1. The summed E-state index contributed by atoms with van der Waals surface area (Å²) in [6.07, 6.45) is 17.3. The van der Waals surface area contributed by atoms with Gasteiger partial charge in [-0.15, -0.1) is 0 Å². The average molecular weight is 356 g/mol. The predicted octanol–water partition coefficient (Wildman–Crippen LogP) is 5.90. The van der Waals surface area contributed by atoms with Crippen molar-refractivity contribution in [1.82, 2.24) is 0 Å². The van der Waals surface area contributed by atoms with Crippen LogP contribution < -0.4 is 0 Å². The first kappa shape index (κ1) is 22.4. The Bertz CT molecular complexity index is 659. The molecule has 1 unspecified atom stereocenters. The van der Waals surface area contributed by atoms with Crippen molar-refractivity contribution < 1.29 is 4.48 Å². The molecule has 0 aromatic heterocycles. The molecule has 0 N–H and O–H groups in total. The van der Waals surface area contributed by atoms with Crippen molar-refractivity contribution in [2.45, 2.75) is 53.5 Å². The van der Waals surface area contributed by atoms with Crippen LogP contribution >= 0.6 is 0 Å². The van der Waals surface area contributed by atoms with Gasteiger partial charge < -0.3 is 4.48 Å². The van der Waals surface area contributed by atoms with Crippen molar-refractivity contribution >= 4 is 6.21 Å². The Kier molecular flexibility index (Phi) is 8.02. The van der Waals surface area contributed by atoms with E-state index in [1.165, 1.54) is 29.6 Å². The molecule has 0 aromatic carbocycles. The molecule has 1 aliphatic rings. The molecule has 2 heteroatoms. The van der Waals surface area contributed by atoms with Crippen molar-refractivity contribution in [3.8, 4) is 0 Å². The van der Waals surface area contributed by atoms with Gasteiger partial charge >= 0.3 is 0 Å². The molecule has 26 heavy (non-hydrogen) atoms. The Balaban J connectivity index is 3.02. The smallest absolute Gasteiger partial charge is 0.110 e. The van der Waals surface area contributed by atoms with E-state index in [2.05, 4.69) is 91.1 Å². The van der Waals surface area contributed by atoms with Crippen molar-refractivity contribution in [3.63, 3.8) is 0 Å². The summed E-state index contributed by atoms with van der Waals surface area (Å²) >= 11 is 0. The lowest BCUT2D eigenvalue weighted by atomic mass is 9.70. The molecule has 0 spiro atoms. The molecule has 0 aromatic rings. The average Bonchev–Trinajstić information content (AvgIpc) is 2.50. The predicted molar refractivity (Wildman–Crippen MR) is 118 cm³/mol. The van der Waals surface area contributed by atoms with E-state index in [4.69, 9.17) is 0 Å². The van der Waals surface area contributed by atoms with Gasteiger partial charge in [-0.05, 0) is 55.4 Å². The number of aliphatic imine (C=N–C) groups is 1. The molecule has 1 atom stereocenters. The highest BCUT2D eigenvalue weighted by molar-refractivity contribution is 5.72. The van der Waals surface area contributed by atoms with Crippen LogP contribution in [0.5, 0.6) is 0 Å². The Hall–Kier alpha value is -1.67. The summed E-state index contributed by atoms with van der Waals surface area (Å²) in [5.74, 6) is 0. The largest absolute Gasteiger partial charge is 0.325 e. The minimum Gasteiger partial charge on any atom is -0.325 e. The summed E-state index contributed by atoms with van der Waals surface area (Å²) < 4.78 is 1.00. The molecule has 2 nitrogen and oxygen atoms in total. The number of nitrogens with zero attached hydrogens (tertiary/aromatic N) is 2. The highest BCUT2D eigenvalue weighted by Crippen LogP contribution is 2.43. The number of allylic oxidation sites excluding steroid dienone is 9. The van der Waals surface area contributed by atoms with Crippen LogP contribution in [0.15, 0.2) is 63.7 Å². The van der Waals surface area contributed by atoms with E-state index in [0.717, 1.165) is 4.48 Å². The molecule has 0 amide bonds. The van der Waals surface area contributed by atoms with Crippen LogP contribution in [0, 0.1) is 5.41 Å². The quantitative estimate of drug-likeness (QED) is 0.319. The van der Waals surface area contributed by atoms with Gasteiger partial charge in [0.25, 0.3) is 0 Å². The van der Waals surface area contributed by atoms with Gasteiger partial charge in [0.15, 0.2) is 0 Å². The summed E-state index contributed by atoms with van der Waals surface area (Å²) in [5, 5.41) is 0. The lowest BCUT2D eigenvalue weighted by Gasteiger charge is -2.43. The second-order valence-corrected chi connectivity index (χ2v) is 9.07. The van der Waals surface area contributed by atoms with Gasteiger partial charge in [0.05, 0.1) is 21.1 Å². The lowest BCUT2D eigenvalue weighted by Crippen LogP contribution is -2.48. The van der Waals surface area contributed by atoms with E-state index >= 15 is 0 Å². The van der Waals surface area contributed by atoms with Crippen LogP contribution in [0.3, 0.4) is 0 Å². The molecular formula is C24H39N2+. The highest BCUT2D eigenvalue weighted by atomic mass is 15.3. The van der Waals surface area contributed by atoms with Gasteiger partial charge in [-0.2, -0.15) is 0 Å². The van der Waals surface area contributed by atoms with E-state index in [-0.39, 0.29) is 5.41 Å². The summed E-state index contributed by atoms with van der Waals surface area (Å²) in [5.41, 5.74) is 5.77. The second-order valence-electron chi connectivity index (χ2n) is 9.07. The third-order valence-electron chi connectivity index (χ3n) is 5.35. The van der Waals surface area contributed by atoms with Crippen molar-refractivity contribution in [2.24, 2.45) is 10.4 Å². The van der Waals surface area contributed by atoms with Crippen LogP contribution in [0.25, 0.3) is 0 Å². The second kappa shape index (κ2) is 9.32. The third-order valence-corrected chi connectivity index (χ3v) is 5.35. The number of likely N-dealkylation sites (N-methyl/N-ethyl adjacent to an activating group) is 1. The van der Waals surface area contributed by atoms with E-state index in [9.17, 15) is 0 Å². The monoisotopic (exact) mass is 355 g/mol. The maximum absolute atomic E-state index is 3.98. The first-order valence-corrected chi connectivity index (χ1v) is 9.63. The standard InChI is InChI=1S/C24H39N2/c1-19(11-10-12-20(2)16-18-25-6)13-14-22-21(3)23(26(7,8)9)15-17-24(22,4)5/h10-14,16,18,23H,15,17H2,1-9H3/q+1/b12-10+,14-13+,19-11+,20-16+,25-18?. The summed E-state index contributed by atoms with van der Waals surface area (Å²) in [6, 6.07) is 0.611. The molecule has 0 aliphatic heterocycles. The van der Waals surface area contributed by atoms with E-state index in [0.29, 0.717) is 6.04 Å². The van der Waals surface area contributed by atoms with E-state index < -0.39 is 0 Å². The Morgan fingerprint density at radius 2 is 1.69 bits per heavy atom. The molecule has 0 radical (unpaired) electrons. The van der Waals surface area contributed by atoms with Gasteiger partial charge in [-0.1, -0.05) is 49.8 Å². The van der Waals surface area contributed by atoms with E-state index in [1.807, 2.05) is 12.3 Å². The number of hydrogen-bond acceptors (Lipinski definition) is 1. The third kappa shape index (κ3) is 6.57. The van der Waals surface area contributed by atoms with E-state index in [1.54, 1.807) is 12.6 Å². The topological polar surface area (TPSA) is 12.4 Å². The Morgan fingerprint density at radius 3 is 2.27 bits per heavy atom.